The van der Waals surface area contributed by atoms with Gasteiger partial charge in [0.25, 0.3) is 5.91 Å². The molecule has 4 heteroatoms. The zero-order valence-electron chi connectivity index (χ0n) is 12.6. The van der Waals surface area contributed by atoms with Gasteiger partial charge in [-0.3, -0.25) is 9.59 Å². The smallest absolute Gasteiger partial charge is 0.254 e. The summed E-state index contributed by atoms with van der Waals surface area (Å²) in [5, 5.41) is 2.93. The van der Waals surface area contributed by atoms with Crippen LogP contribution in [-0.4, -0.2) is 24.4 Å². The highest BCUT2D eigenvalue weighted by molar-refractivity contribution is 6.11. The molecule has 4 nitrogen and oxygen atoms in total. The summed E-state index contributed by atoms with van der Waals surface area (Å²) in [6.07, 6.45) is 3.00. The maximum atomic E-state index is 12.9. The van der Waals surface area contributed by atoms with Gasteiger partial charge in [0.2, 0.25) is 5.91 Å². The van der Waals surface area contributed by atoms with Gasteiger partial charge in [-0.15, -0.1) is 0 Å². The summed E-state index contributed by atoms with van der Waals surface area (Å²) in [7, 11) is 0. The number of nitrogens with zero attached hydrogens (tertiary/aromatic N) is 1. The Morgan fingerprint density at radius 3 is 2.62 bits per heavy atom. The van der Waals surface area contributed by atoms with Crippen molar-refractivity contribution in [2.45, 2.75) is 39.2 Å². The van der Waals surface area contributed by atoms with Crippen LogP contribution < -0.4 is 10.2 Å². The van der Waals surface area contributed by atoms with Crippen molar-refractivity contribution >= 4 is 17.5 Å². The maximum Gasteiger partial charge on any atom is 0.254 e. The lowest BCUT2D eigenvalue weighted by Crippen LogP contribution is -2.47. The molecule has 1 unspecified atom stereocenters. The quantitative estimate of drug-likeness (QED) is 0.925. The Morgan fingerprint density at radius 1 is 1.24 bits per heavy atom. The van der Waals surface area contributed by atoms with Crippen LogP contribution in [0.5, 0.6) is 0 Å². The third kappa shape index (κ3) is 2.80. The minimum absolute atomic E-state index is 0.0523. The molecule has 2 aliphatic rings. The number of carbonyl (C=O) groups is 2. The normalized spacial score (nSPS) is 22.0. The summed E-state index contributed by atoms with van der Waals surface area (Å²) in [4.78, 5) is 27.1. The number of nitrogens with one attached hydrogen (secondary N) is 1. The summed E-state index contributed by atoms with van der Waals surface area (Å²) >= 11 is 0. The molecular weight excluding hydrogens is 264 g/mol. The van der Waals surface area contributed by atoms with Crippen LogP contribution >= 0.6 is 0 Å². The van der Waals surface area contributed by atoms with E-state index in [0.717, 1.165) is 24.9 Å². The van der Waals surface area contributed by atoms with Crippen molar-refractivity contribution in [3.05, 3.63) is 29.8 Å². The maximum absolute atomic E-state index is 12.9. The van der Waals surface area contributed by atoms with Crippen molar-refractivity contribution < 1.29 is 9.59 Å². The zero-order valence-corrected chi connectivity index (χ0v) is 12.6. The van der Waals surface area contributed by atoms with E-state index in [-0.39, 0.29) is 17.9 Å². The first-order valence-corrected chi connectivity index (χ1v) is 7.79. The summed E-state index contributed by atoms with van der Waals surface area (Å²) in [6.45, 7) is 4.97. The number of hydrogen-bond acceptors (Lipinski definition) is 2. The number of anilines is 1. The van der Waals surface area contributed by atoms with Gasteiger partial charge in [-0.05, 0) is 43.2 Å². The fraction of sp³-hybridized carbons (Fsp3) is 0.529. The fourth-order valence-corrected chi connectivity index (χ4v) is 2.84. The van der Waals surface area contributed by atoms with Crippen molar-refractivity contribution in [2.24, 2.45) is 11.8 Å². The number of fused-ring (bicyclic) bond motifs is 1. The van der Waals surface area contributed by atoms with Crippen LogP contribution in [0.25, 0.3) is 0 Å². The molecule has 1 aromatic rings. The van der Waals surface area contributed by atoms with Gasteiger partial charge in [0, 0.05) is 6.54 Å². The fourth-order valence-electron chi connectivity index (χ4n) is 2.84. The van der Waals surface area contributed by atoms with Gasteiger partial charge in [-0.2, -0.15) is 0 Å². The van der Waals surface area contributed by atoms with Gasteiger partial charge < -0.3 is 10.2 Å². The topological polar surface area (TPSA) is 49.4 Å². The van der Waals surface area contributed by atoms with E-state index in [2.05, 4.69) is 19.2 Å². The second-order valence-corrected chi connectivity index (χ2v) is 6.48. The first-order chi connectivity index (χ1) is 10.1. The first kappa shape index (κ1) is 14.1. The molecule has 21 heavy (non-hydrogen) atoms. The molecule has 1 atom stereocenters. The Kier molecular flexibility index (Phi) is 3.70. The molecule has 1 fully saturated rings. The molecule has 1 heterocycles. The monoisotopic (exact) mass is 286 g/mol. The van der Waals surface area contributed by atoms with E-state index in [1.807, 2.05) is 23.1 Å². The predicted molar refractivity (Wildman–Crippen MR) is 82.2 cm³/mol. The lowest BCUT2D eigenvalue weighted by Gasteiger charge is -2.26. The lowest BCUT2D eigenvalue weighted by molar-refractivity contribution is -0.120. The second kappa shape index (κ2) is 5.51. The Bertz CT molecular complexity index is 564. The van der Waals surface area contributed by atoms with Gasteiger partial charge in [0.15, 0.2) is 0 Å². The highest BCUT2D eigenvalue weighted by Gasteiger charge is 2.42. The Hall–Kier alpha value is -1.84. The predicted octanol–water partition coefficient (Wildman–Crippen LogP) is 2.59. The largest absolute Gasteiger partial charge is 0.340 e. The van der Waals surface area contributed by atoms with E-state index in [1.165, 1.54) is 0 Å². The van der Waals surface area contributed by atoms with Gasteiger partial charge in [-0.1, -0.05) is 26.0 Å². The Morgan fingerprint density at radius 2 is 1.95 bits per heavy atom. The number of hydrogen-bond donors (Lipinski definition) is 1. The van der Waals surface area contributed by atoms with E-state index < -0.39 is 0 Å². The standard InChI is InChI=1S/C17H22N2O2/c1-11(2)9-10-19-14-6-4-3-5-13(14)16(20)18-15(17(19)21)12-7-8-12/h3-6,11-12,15H,7-10H2,1-2H3,(H,18,20). The number of amides is 2. The van der Waals surface area contributed by atoms with Crippen LogP contribution in [0.15, 0.2) is 24.3 Å². The molecule has 0 spiro atoms. The van der Waals surface area contributed by atoms with Crippen LogP contribution in [0.3, 0.4) is 0 Å². The molecule has 1 aliphatic carbocycles. The summed E-state index contributed by atoms with van der Waals surface area (Å²) in [5.41, 5.74) is 1.36. The highest BCUT2D eigenvalue weighted by atomic mass is 16.2. The third-order valence-corrected chi connectivity index (χ3v) is 4.28. The van der Waals surface area contributed by atoms with Gasteiger partial charge >= 0.3 is 0 Å². The average Bonchev–Trinajstić information content (AvgIpc) is 3.28. The van der Waals surface area contributed by atoms with Gasteiger partial charge in [0.05, 0.1) is 11.3 Å². The van der Waals surface area contributed by atoms with Crippen molar-refractivity contribution in [3.63, 3.8) is 0 Å². The van der Waals surface area contributed by atoms with Gasteiger partial charge in [-0.25, -0.2) is 0 Å². The number of benzene rings is 1. The Labute approximate surface area is 125 Å². The first-order valence-electron chi connectivity index (χ1n) is 7.79. The molecule has 1 N–H and O–H groups in total. The molecule has 1 aliphatic heterocycles. The van der Waals surface area contributed by atoms with E-state index >= 15 is 0 Å². The summed E-state index contributed by atoms with van der Waals surface area (Å²) in [6, 6.07) is 7.06. The molecule has 0 radical (unpaired) electrons. The molecule has 1 aromatic carbocycles. The Balaban J connectivity index is 1.96. The van der Waals surface area contributed by atoms with E-state index in [9.17, 15) is 9.59 Å². The SMILES string of the molecule is CC(C)CCN1C(=O)C(C2CC2)NC(=O)c2ccccc21. The van der Waals surface area contributed by atoms with Crippen molar-refractivity contribution in [3.8, 4) is 0 Å². The van der Waals surface area contributed by atoms with Crippen molar-refractivity contribution in [1.82, 2.24) is 5.32 Å². The summed E-state index contributed by atoms with van der Waals surface area (Å²) in [5.74, 6) is 0.771. The molecular formula is C17H22N2O2. The van der Waals surface area contributed by atoms with Crippen LogP contribution in [0, 0.1) is 11.8 Å². The molecule has 112 valence electrons. The molecule has 3 rings (SSSR count). The molecule has 2 amide bonds. The van der Waals surface area contributed by atoms with Crippen LogP contribution in [0.4, 0.5) is 5.69 Å². The van der Waals surface area contributed by atoms with Crippen LogP contribution in [0.1, 0.15) is 43.5 Å². The zero-order chi connectivity index (χ0) is 15.0. The highest BCUT2D eigenvalue weighted by Crippen LogP contribution is 2.36. The molecule has 1 saturated carbocycles. The number of rotatable bonds is 4. The van der Waals surface area contributed by atoms with Crippen LogP contribution in [0.2, 0.25) is 0 Å². The van der Waals surface area contributed by atoms with Crippen molar-refractivity contribution in [2.75, 3.05) is 11.4 Å². The minimum Gasteiger partial charge on any atom is -0.340 e. The minimum atomic E-state index is -0.350. The molecule has 0 aromatic heterocycles. The lowest BCUT2D eigenvalue weighted by atomic mass is 10.1. The molecule has 0 bridgehead atoms. The summed E-state index contributed by atoms with van der Waals surface area (Å²) < 4.78 is 0. The second-order valence-electron chi connectivity index (χ2n) is 6.48. The van der Waals surface area contributed by atoms with E-state index in [1.54, 1.807) is 6.07 Å². The third-order valence-electron chi connectivity index (χ3n) is 4.28. The number of carbonyl (C=O) groups excluding carboxylic acids is 2. The number of para-hydroxylation sites is 1. The molecule has 0 saturated heterocycles. The average molecular weight is 286 g/mol. The van der Waals surface area contributed by atoms with E-state index in [0.29, 0.717) is 23.9 Å². The van der Waals surface area contributed by atoms with Crippen LogP contribution in [-0.2, 0) is 4.79 Å². The van der Waals surface area contributed by atoms with Gasteiger partial charge in [0.1, 0.15) is 6.04 Å². The van der Waals surface area contributed by atoms with E-state index in [4.69, 9.17) is 0 Å². The van der Waals surface area contributed by atoms with Crippen molar-refractivity contribution in [1.29, 1.82) is 0 Å².